The molecule has 16 heavy (non-hydrogen) atoms. The summed E-state index contributed by atoms with van der Waals surface area (Å²) in [6.07, 6.45) is 0. The van der Waals surface area contributed by atoms with Crippen LogP contribution in [-0.4, -0.2) is 11.0 Å². The number of nitro benzene ring substituents is 1. The number of nitrogens with two attached hydrogens (primary N) is 1. The molecule has 1 aliphatic carbocycles. The number of halogens is 1. The quantitative estimate of drug-likeness (QED) is 0.671. The third-order valence-electron chi connectivity index (χ3n) is 3.44. The highest BCUT2D eigenvalue weighted by molar-refractivity contribution is 9.10. The molecule has 0 aliphatic heterocycles. The molecule has 2 N–H and O–H groups in total. The fourth-order valence-electron chi connectivity index (χ4n) is 2.18. The van der Waals surface area contributed by atoms with Crippen molar-refractivity contribution in [1.29, 1.82) is 0 Å². The van der Waals surface area contributed by atoms with Gasteiger partial charge in [-0.15, -0.1) is 0 Å². The highest BCUT2D eigenvalue weighted by atomic mass is 79.9. The molecule has 0 amide bonds. The van der Waals surface area contributed by atoms with E-state index in [4.69, 9.17) is 5.73 Å². The van der Waals surface area contributed by atoms with Crippen LogP contribution in [0.4, 0.5) is 5.69 Å². The molecule has 86 valence electrons. The summed E-state index contributed by atoms with van der Waals surface area (Å²) < 4.78 is 0.508. The summed E-state index contributed by atoms with van der Waals surface area (Å²) in [6, 6.07) is 5.32. The Bertz CT molecular complexity index is 459. The van der Waals surface area contributed by atoms with Gasteiger partial charge in [-0.25, -0.2) is 0 Å². The molecular weight excluding hydrogens is 272 g/mol. The lowest BCUT2D eigenvalue weighted by molar-refractivity contribution is -0.385. The molecule has 4 nitrogen and oxygen atoms in total. The number of hydrogen-bond acceptors (Lipinski definition) is 3. The molecule has 0 bridgehead atoms. The van der Waals surface area contributed by atoms with Crippen LogP contribution in [0.1, 0.15) is 25.3 Å². The van der Waals surface area contributed by atoms with Gasteiger partial charge in [-0.2, -0.15) is 0 Å². The summed E-state index contributed by atoms with van der Waals surface area (Å²) in [7, 11) is 0. The number of hydrogen-bond donors (Lipinski definition) is 1. The first-order valence-corrected chi connectivity index (χ1v) is 5.84. The van der Waals surface area contributed by atoms with Crippen molar-refractivity contribution in [1.82, 2.24) is 0 Å². The molecule has 2 rings (SSSR count). The lowest BCUT2D eigenvalue weighted by Gasteiger charge is -2.03. The Kier molecular flexibility index (Phi) is 2.55. The summed E-state index contributed by atoms with van der Waals surface area (Å²) in [6.45, 7) is 4.16. The third kappa shape index (κ3) is 1.64. The van der Waals surface area contributed by atoms with Crippen LogP contribution in [-0.2, 0) is 0 Å². The van der Waals surface area contributed by atoms with E-state index in [1.165, 1.54) is 0 Å². The van der Waals surface area contributed by atoms with E-state index in [0.717, 1.165) is 5.56 Å². The predicted molar refractivity (Wildman–Crippen MR) is 65.3 cm³/mol. The molecule has 1 aromatic carbocycles. The lowest BCUT2D eigenvalue weighted by Crippen LogP contribution is -2.06. The van der Waals surface area contributed by atoms with Crippen molar-refractivity contribution >= 4 is 21.6 Å². The highest BCUT2D eigenvalue weighted by Gasteiger charge is 2.56. The van der Waals surface area contributed by atoms with E-state index in [1.54, 1.807) is 12.1 Å². The Morgan fingerprint density at radius 3 is 2.50 bits per heavy atom. The second-order valence-corrected chi connectivity index (χ2v) is 5.65. The molecule has 1 fully saturated rings. The molecule has 5 heteroatoms. The molecular formula is C11H13BrN2O2. The molecule has 1 aliphatic rings. The molecule has 2 unspecified atom stereocenters. The van der Waals surface area contributed by atoms with Gasteiger partial charge in [0.25, 0.3) is 5.69 Å². The van der Waals surface area contributed by atoms with Crippen LogP contribution in [0.5, 0.6) is 0 Å². The molecule has 2 atom stereocenters. The first-order chi connectivity index (χ1) is 7.35. The smallest absolute Gasteiger partial charge is 0.283 e. The SMILES string of the molecule is CC1(C)C(N)C1c1ccc(Br)c([N+](=O)[O-])c1. The average molecular weight is 285 g/mol. The van der Waals surface area contributed by atoms with Crippen molar-refractivity contribution in [2.24, 2.45) is 11.1 Å². The summed E-state index contributed by atoms with van der Waals surface area (Å²) in [5, 5.41) is 10.8. The van der Waals surface area contributed by atoms with Crippen molar-refractivity contribution in [3.63, 3.8) is 0 Å². The van der Waals surface area contributed by atoms with E-state index in [2.05, 4.69) is 29.8 Å². The van der Waals surface area contributed by atoms with Gasteiger partial charge >= 0.3 is 0 Å². The van der Waals surface area contributed by atoms with Crippen LogP contribution in [0.3, 0.4) is 0 Å². The predicted octanol–water partition coefficient (Wildman–Crippen LogP) is 2.81. The largest absolute Gasteiger partial charge is 0.327 e. The maximum atomic E-state index is 10.8. The van der Waals surface area contributed by atoms with Crippen molar-refractivity contribution < 1.29 is 4.92 Å². The third-order valence-corrected chi connectivity index (χ3v) is 4.11. The zero-order chi connectivity index (χ0) is 12.1. The monoisotopic (exact) mass is 284 g/mol. The molecule has 0 heterocycles. The second-order valence-electron chi connectivity index (χ2n) is 4.79. The molecule has 0 radical (unpaired) electrons. The molecule has 0 aromatic heterocycles. The van der Waals surface area contributed by atoms with Crippen LogP contribution in [0.25, 0.3) is 0 Å². The minimum atomic E-state index is -0.380. The van der Waals surface area contributed by atoms with E-state index in [1.807, 2.05) is 6.07 Å². The number of nitro groups is 1. The van der Waals surface area contributed by atoms with E-state index in [0.29, 0.717) is 4.47 Å². The second kappa shape index (κ2) is 3.53. The Morgan fingerprint density at radius 1 is 1.50 bits per heavy atom. The van der Waals surface area contributed by atoms with Crippen LogP contribution >= 0.6 is 15.9 Å². The summed E-state index contributed by atoms with van der Waals surface area (Å²) >= 11 is 3.17. The van der Waals surface area contributed by atoms with Gasteiger partial charge in [-0.1, -0.05) is 19.9 Å². The van der Waals surface area contributed by atoms with Gasteiger partial charge < -0.3 is 5.73 Å². The number of benzene rings is 1. The van der Waals surface area contributed by atoms with Gasteiger partial charge in [-0.3, -0.25) is 10.1 Å². The topological polar surface area (TPSA) is 69.2 Å². The van der Waals surface area contributed by atoms with Gasteiger partial charge in [0.15, 0.2) is 0 Å². The minimum absolute atomic E-state index is 0.0434. The maximum Gasteiger partial charge on any atom is 0.283 e. The van der Waals surface area contributed by atoms with Gasteiger partial charge in [0.2, 0.25) is 0 Å². The summed E-state index contributed by atoms with van der Waals surface area (Å²) in [5.74, 6) is 0.222. The first-order valence-electron chi connectivity index (χ1n) is 5.05. The van der Waals surface area contributed by atoms with Crippen molar-refractivity contribution in [2.45, 2.75) is 25.8 Å². The maximum absolute atomic E-state index is 10.8. The average Bonchev–Trinajstić information content (AvgIpc) is 2.67. The van der Waals surface area contributed by atoms with E-state index in [-0.39, 0.29) is 28.0 Å². The number of rotatable bonds is 2. The van der Waals surface area contributed by atoms with E-state index >= 15 is 0 Å². The Balaban J connectivity index is 2.39. The van der Waals surface area contributed by atoms with Crippen LogP contribution in [0.15, 0.2) is 22.7 Å². The Morgan fingerprint density at radius 2 is 2.06 bits per heavy atom. The molecule has 0 spiro atoms. The number of nitrogens with zero attached hydrogens (tertiary/aromatic N) is 1. The van der Waals surface area contributed by atoms with Gasteiger partial charge in [0, 0.05) is 18.0 Å². The molecule has 1 saturated carbocycles. The Hall–Kier alpha value is -0.940. The van der Waals surface area contributed by atoms with E-state index < -0.39 is 0 Å². The fourth-order valence-corrected chi connectivity index (χ4v) is 2.57. The summed E-state index contributed by atoms with van der Waals surface area (Å²) in [4.78, 5) is 10.4. The lowest BCUT2D eigenvalue weighted by atomic mass is 10.0. The van der Waals surface area contributed by atoms with Gasteiger partial charge in [-0.05, 0) is 33.0 Å². The van der Waals surface area contributed by atoms with Gasteiger partial charge in [0.05, 0.1) is 9.40 Å². The zero-order valence-electron chi connectivity index (χ0n) is 9.11. The van der Waals surface area contributed by atoms with Crippen LogP contribution < -0.4 is 5.73 Å². The minimum Gasteiger partial charge on any atom is -0.327 e. The van der Waals surface area contributed by atoms with Crippen LogP contribution in [0.2, 0.25) is 0 Å². The van der Waals surface area contributed by atoms with Crippen molar-refractivity contribution in [2.75, 3.05) is 0 Å². The molecule has 0 saturated heterocycles. The van der Waals surface area contributed by atoms with Crippen molar-refractivity contribution in [3.8, 4) is 0 Å². The highest BCUT2D eigenvalue weighted by Crippen LogP contribution is 2.57. The van der Waals surface area contributed by atoms with Gasteiger partial charge in [0.1, 0.15) is 0 Å². The standard InChI is InChI=1S/C11H13BrN2O2/c1-11(2)9(10(11)13)6-3-4-7(12)8(5-6)14(15)16/h3-5,9-10H,13H2,1-2H3. The fraction of sp³-hybridized carbons (Fsp3) is 0.455. The summed E-state index contributed by atoms with van der Waals surface area (Å²) in [5.41, 5.74) is 7.06. The van der Waals surface area contributed by atoms with Crippen LogP contribution in [0, 0.1) is 15.5 Å². The van der Waals surface area contributed by atoms with Crippen molar-refractivity contribution in [3.05, 3.63) is 38.3 Å². The normalized spacial score (nSPS) is 26.5. The zero-order valence-corrected chi connectivity index (χ0v) is 10.7. The molecule has 1 aromatic rings. The Labute approximate surface area is 102 Å². The van der Waals surface area contributed by atoms with E-state index in [9.17, 15) is 10.1 Å². The first kappa shape index (κ1) is 11.5.